The van der Waals surface area contributed by atoms with Gasteiger partial charge in [0.05, 0.1) is 46.0 Å². The lowest BCUT2D eigenvalue weighted by atomic mass is 9.96. The molecule has 0 aliphatic heterocycles. The third-order valence-electron chi connectivity index (χ3n) is 12.2. The Labute approximate surface area is 473 Å². The number of rotatable bonds is 34. The van der Waals surface area contributed by atoms with Gasteiger partial charge in [-0.15, -0.1) is 0 Å². The molecular formula is C56H82N8O16S. The Morgan fingerprint density at radius 1 is 0.494 bits per heavy atom. The summed E-state index contributed by atoms with van der Waals surface area (Å²) in [5.74, 6) is -8.90. The zero-order chi connectivity index (χ0) is 62.1. The van der Waals surface area contributed by atoms with Crippen LogP contribution < -0.4 is 31.9 Å². The number of benzene rings is 2. The van der Waals surface area contributed by atoms with Crippen molar-refractivity contribution in [3.63, 3.8) is 0 Å². The van der Waals surface area contributed by atoms with Crippen molar-refractivity contribution in [2.45, 2.75) is 182 Å². The standard InChI is InChI=1S/C56H82N8O16S/c1-31(2)21-41(59-51(69)43(23-33(5)6)61-53(71)45(29-55(11,12)73)57-47(65)27-37-17-15-19-39(25-37)63(75)76)49(67)35(9)81(79,80)36(10)50(68)42(22-32(3)4)60-52(70)44(24-34(7)8)62-54(72)46(30-56(13,14)74)58-48(66)28-38-18-16-20-40(26-38)64(77)78/h15-20,25-26,31-34,41-46,73-74H,9-10,21-24,27-30H2,1-8,11-14H3,(H,57,65)(H,58,66)(H,59,69)(H,60,70)(H,61,71)(H,62,72)/t41-,42-,43-,44-,45-,46-/m0/s1. The summed E-state index contributed by atoms with van der Waals surface area (Å²) in [4.78, 5) is 130. The number of carbonyl (C=O) groups is 8. The van der Waals surface area contributed by atoms with Crippen LogP contribution in [0.1, 0.15) is 133 Å². The summed E-state index contributed by atoms with van der Waals surface area (Å²) < 4.78 is 28.5. The predicted octanol–water partition coefficient (Wildman–Crippen LogP) is 4.28. The van der Waals surface area contributed by atoms with E-state index < -0.39 is 124 Å². The maximum absolute atomic E-state index is 14.3. The van der Waals surface area contributed by atoms with Gasteiger partial charge in [0, 0.05) is 37.1 Å². The number of nitrogens with zero attached hydrogens (tertiary/aromatic N) is 2. The molecule has 448 valence electrons. The Morgan fingerprint density at radius 2 is 0.765 bits per heavy atom. The highest BCUT2D eigenvalue weighted by Gasteiger charge is 2.40. The van der Waals surface area contributed by atoms with Gasteiger partial charge in [-0.1, -0.05) is 92.8 Å². The molecule has 0 spiro atoms. The average Bonchev–Trinajstić information content (AvgIpc) is 3.32. The van der Waals surface area contributed by atoms with E-state index in [1.807, 2.05) is 0 Å². The zero-order valence-electron chi connectivity index (χ0n) is 48.4. The molecule has 0 heterocycles. The number of ketones is 2. The van der Waals surface area contributed by atoms with Crippen molar-refractivity contribution in [3.8, 4) is 0 Å². The van der Waals surface area contributed by atoms with Gasteiger partial charge >= 0.3 is 0 Å². The molecule has 6 atom stereocenters. The van der Waals surface area contributed by atoms with Crippen LogP contribution in [-0.2, 0) is 61.0 Å². The smallest absolute Gasteiger partial charge is 0.269 e. The summed E-state index contributed by atoms with van der Waals surface area (Å²) >= 11 is 0. The Morgan fingerprint density at radius 3 is 1.04 bits per heavy atom. The second kappa shape index (κ2) is 30.5. The van der Waals surface area contributed by atoms with E-state index in [0.29, 0.717) is 0 Å². The van der Waals surface area contributed by atoms with Crippen LogP contribution in [0.2, 0.25) is 0 Å². The molecule has 0 saturated carbocycles. The number of carbonyl (C=O) groups excluding carboxylic acids is 8. The molecule has 0 saturated heterocycles. The number of hydrogen-bond acceptors (Lipinski definition) is 16. The molecule has 2 aromatic carbocycles. The van der Waals surface area contributed by atoms with Crippen molar-refractivity contribution in [3.05, 3.63) is 103 Å². The molecule has 0 aromatic heterocycles. The summed E-state index contributed by atoms with van der Waals surface area (Å²) in [5, 5.41) is 59.3. The monoisotopic (exact) mass is 1150 g/mol. The Kier molecular flexibility index (Phi) is 26.3. The lowest BCUT2D eigenvalue weighted by Gasteiger charge is -2.29. The average molecular weight is 1160 g/mol. The molecule has 81 heavy (non-hydrogen) atoms. The van der Waals surface area contributed by atoms with E-state index in [1.165, 1.54) is 76.2 Å². The van der Waals surface area contributed by atoms with E-state index in [0.717, 1.165) is 0 Å². The summed E-state index contributed by atoms with van der Waals surface area (Å²) in [5.41, 5.74) is -3.09. The SMILES string of the molecule is C=C(C(=O)[C@H](CC(C)C)NC(=O)[C@H](CC(C)C)NC(=O)[C@H](CC(C)(C)O)NC(=O)Cc1cccc([N+](=O)[O-])c1)S(=O)(=O)C(=C)C(=O)[C@H](CC(C)C)NC(=O)[C@H](CC(C)C)NC(=O)[C@H](CC(C)(C)O)NC(=O)Cc1cccc([N+](=O)[O-])c1. The minimum Gasteiger partial charge on any atom is -0.390 e. The normalized spacial score (nSPS) is 14.1. The van der Waals surface area contributed by atoms with Gasteiger partial charge in [0.2, 0.25) is 45.3 Å². The van der Waals surface area contributed by atoms with Gasteiger partial charge in [-0.3, -0.25) is 58.6 Å². The number of sulfone groups is 1. The highest BCUT2D eigenvalue weighted by Crippen LogP contribution is 2.24. The summed E-state index contributed by atoms with van der Waals surface area (Å²) in [6.45, 7) is 26.2. The van der Waals surface area contributed by atoms with Gasteiger partial charge < -0.3 is 42.1 Å². The molecule has 24 nitrogen and oxygen atoms in total. The Balaban J connectivity index is 2.42. The number of aliphatic hydroxyl groups is 2. The topological polar surface area (TPSA) is 370 Å². The van der Waals surface area contributed by atoms with Gasteiger partial charge in [0.25, 0.3) is 11.4 Å². The highest BCUT2D eigenvalue weighted by atomic mass is 32.2. The van der Waals surface area contributed by atoms with Crippen LogP contribution in [-0.4, -0.2) is 123 Å². The third-order valence-corrected chi connectivity index (χ3v) is 13.9. The Hall–Kier alpha value is -7.25. The van der Waals surface area contributed by atoms with Crippen LogP contribution in [0.25, 0.3) is 0 Å². The van der Waals surface area contributed by atoms with Crippen LogP contribution in [0, 0.1) is 43.9 Å². The van der Waals surface area contributed by atoms with Crippen LogP contribution in [0.15, 0.2) is 71.5 Å². The number of Topliss-reactive ketones (excluding diaryl/α,β-unsaturated/α-hetero) is 2. The zero-order valence-corrected chi connectivity index (χ0v) is 49.2. The number of nitrogens with one attached hydrogen (secondary N) is 6. The molecule has 0 aliphatic rings. The van der Waals surface area contributed by atoms with Crippen molar-refractivity contribution in [1.82, 2.24) is 31.9 Å². The fraction of sp³-hybridized carbons (Fsp3) is 0.571. The van der Waals surface area contributed by atoms with Crippen LogP contribution in [0.4, 0.5) is 11.4 Å². The molecule has 25 heteroatoms. The third kappa shape index (κ3) is 24.2. The predicted molar refractivity (Wildman–Crippen MR) is 302 cm³/mol. The van der Waals surface area contributed by atoms with Crippen LogP contribution in [0.5, 0.6) is 0 Å². The van der Waals surface area contributed by atoms with Crippen molar-refractivity contribution < 1.29 is 66.8 Å². The van der Waals surface area contributed by atoms with Crippen molar-refractivity contribution in [2.75, 3.05) is 0 Å². The maximum atomic E-state index is 14.3. The fourth-order valence-corrected chi connectivity index (χ4v) is 9.65. The van der Waals surface area contributed by atoms with E-state index in [4.69, 9.17) is 0 Å². The molecule has 2 rings (SSSR count). The molecule has 6 amide bonds. The van der Waals surface area contributed by atoms with Gasteiger partial charge in [-0.05, 0) is 88.2 Å². The molecule has 8 N–H and O–H groups in total. The first kappa shape index (κ1) is 69.9. The van der Waals surface area contributed by atoms with Gasteiger partial charge in [0.1, 0.15) is 34.0 Å². The largest absolute Gasteiger partial charge is 0.390 e. The van der Waals surface area contributed by atoms with E-state index in [9.17, 15) is 77.2 Å². The molecule has 0 radical (unpaired) electrons. The summed E-state index contributed by atoms with van der Waals surface area (Å²) in [6, 6.07) is 1.70. The van der Waals surface area contributed by atoms with Crippen molar-refractivity contribution in [1.29, 1.82) is 0 Å². The quantitative estimate of drug-likeness (QED) is 0.0275. The molecule has 0 bridgehead atoms. The number of nitro groups is 2. The van der Waals surface area contributed by atoms with E-state index in [1.54, 1.807) is 55.4 Å². The molecule has 2 aromatic rings. The number of nitro benzene ring substituents is 2. The first-order valence-corrected chi connectivity index (χ1v) is 28.1. The molecule has 0 aliphatic carbocycles. The van der Waals surface area contributed by atoms with Gasteiger partial charge in [-0.25, -0.2) is 8.42 Å². The van der Waals surface area contributed by atoms with E-state index in [-0.39, 0.29) is 97.5 Å². The van der Waals surface area contributed by atoms with Crippen molar-refractivity contribution >= 4 is 68.2 Å². The number of hydrogen-bond donors (Lipinski definition) is 8. The summed E-state index contributed by atoms with van der Waals surface area (Å²) in [7, 11) is -5.15. The maximum Gasteiger partial charge on any atom is 0.269 e. The molecular weight excluding hydrogens is 1070 g/mol. The van der Waals surface area contributed by atoms with E-state index in [2.05, 4.69) is 45.1 Å². The number of amides is 6. The van der Waals surface area contributed by atoms with E-state index >= 15 is 0 Å². The fourth-order valence-electron chi connectivity index (χ4n) is 8.54. The second-order valence-electron chi connectivity index (χ2n) is 23.3. The minimum absolute atomic E-state index is 0.0327. The first-order chi connectivity index (χ1) is 37.2. The van der Waals surface area contributed by atoms with Gasteiger partial charge in [0.15, 0.2) is 11.6 Å². The summed E-state index contributed by atoms with van der Waals surface area (Å²) in [6.07, 6.45) is -1.84. The Bertz CT molecular complexity index is 2600. The van der Waals surface area contributed by atoms with Gasteiger partial charge in [-0.2, -0.15) is 0 Å². The van der Waals surface area contributed by atoms with Crippen molar-refractivity contribution in [2.24, 2.45) is 23.7 Å². The molecule has 0 fully saturated rings. The second-order valence-corrected chi connectivity index (χ2v) is 25.3. The number of non-ortho nitro benzene ring substituents is 2. The van der Waals surface area contributed by atoms with Crippen LogP contribution in [0.3, 0.4) is 0 Å². The highest BCUT2D eigenvalue weighted by molar-refractivity contribution is 8.00. The lowest BCUT2D eigenvalue weighted by molar-refractivity contribution is -0.385. The molecule has 0 unspecified atom stereocenters. The lowest BCUT2D eigenvalue weighted by Crippen LogP contribution is -2.57. The minimum atomic E-state index is -5.15. The first-order valence-electron chi connectivity index (χ1n) is 26.6. The van der Waals surface area contributed by atoms with Crippen LogP contribution >= 0.6 is 0 Å².